The second-order valence-electron chi connectivity index (χ2n) is 5.37. The maximum Gasteiger partial charge on any atom is 0.0976 e. The van der Waals surface area contributed by atoms with Crippen molar-refractivity contribution in [1.29, 1.82) is 0 Å². The molecule has 0 amide bonds. The standard InChI is InChI=1S/C16H19ClN2OS/c1-20-10-14-15(9-18-13-6-7-13)21-16(19-14)8-11-2-4-12(17)5-3-11/h2-5,13,18H,6-10H2,1H3. The van der Waals surface area contributed by atoms with Crippen LogP contribution in [0.3, 0.4) is 0 Å². The van der Waals surface area contributed by atoms with Crippen molar-refractivity contribution in [3.63, 3.8) is 0 Å². The molecule has 1 aromatic carbocycles. The molecule has 5 heteroatoms. The molecular weight excluding hydrogens is 304 g/mol. The van der Waals surface area contributed by atoms with Crippen LogP contribution >= 0.6 is 22.9 Å². The highest BCUT2D eigenvalue weighted by Crippen LogP contribution is 2.25. The van der Waals surface area contributed by atoms with Crippen LogP contribution in [0.2, 0.25) is 5.02 Å². The molecule has 0 spiro atoms. The van der Waals surface area contributed by atoms with Crippen LogP contribution in [0.15, 0.2) is 24.3 Å². The maximum atomic E-state index is 5.92. The SMILES string of the molecule is COCc1nc(Cc2ccc(Cl)cc2)sc1CNC1CC1. The molecule has 0 saturated heterocycles. The normalized spacial score (nSPS) is 14.6. The third-order valence-electron chi connectivity index (χ3n) is 3.50. The highest BCUT2D eigenvalue weighted by atomic mass is 35.5. The third kappa shape index (κ3) is 4.27. The topological polar surface area (TPSA) is 34.1 Å². The summed E-state index contributed by atoms with van der Waals surface area (Å²) in [6.45, 7) is 1.49. The Morgan fingerprint density at radius 1 is 1.33 bits per heavy atom. The summed E-state index contributed by atoms with van der Waals surface area (Å²) in [6.07, 6.45) is 3.45. The molecule has 3 nitrogen and oxygen atoms in total. The van der Waals surface area contributed by atoms with Crippen molar-refractivity contribution >= 4 is 22.9 Å². The number of ether oxygens (including phenoxy) is 1. The van der Waals surface area contributed by atoms with Crippen molar-refractivity contribution < 1.29 is 4.74 Å². The number of methoxy groups -OCH3 is 1. The zero-order chi connectivity index (χ0) is 14.7. The van der Waals surface area contributed by atoms with Crippen LogP contribution in [0.4, 0.5) is 0 Å². The van der Waals surface area contributed by atoms with Crippen LogP contribution in [-0.4, -0.2) is 18.1 Å². The van der Waals surface area contributed by atoms with E-state index in [1.165, 1.54) is 23.3 Å². The lowest BCUT2D eigenvalue weighted by Gasteiger charge is -2.02. The lowest BCUT2D eigenvalue weighted by Crippen LogP contribution is -2.15. The fourth-order valence-electron chi connectivity index (χ4n) is 2.20. The molecule has 1 aliphatic rings. The number of hydrogen-bond donors (Lipinski definition) is 1. The van der Waals surface area contributed by atoms with Crippen LogP contribution in [0.1, 0.15) is 34.0 Å². The Balaban J connectivity index is 1.71. The van der Waals surface area contributed by atoms with Gasteiger partial charge in [-0.1, -0.05) is 23.7 Å². The van der Waals surface area contributed by atoms with Crippen LogP contribution in [0, 0.1) is 0 Å². The molecule has 0 aliphatic heterocycles. The Morgan fingerprint density at radius 2 is 2.10 bits per heavy atom. The van der Waals surface area contributed by atoms with Crippen molar-refractivity contribution in [1.82, 2.24) is 10.3 Å². The monoisotopic (exact) mass is 322 g/mol. The van der Waals surface area contributed by atoms with Crippen LogP contribution in [-0.2, 0) is 24.3 Å². The summed E-state index contributed by atoms with van der Waals surface area (Å²) in [5.41, 5.74) is 2.30. The predicted octanol–water partition coefficient (Wildman–Crippen LogP) is 3.79. The van der Waals surface area contributed by atoms with Gasteiger partial charge in [-0.05, 0) is 30.5 Å². The number of nitrogens with zero attached hydrogens (tertiary/aromatic N) is 1. The number of aromatic nitrogens is 1. The van der Waals surface area contributed by atoms with E-state index in [4.69, 9.17) is 21.3 Å². The second-order valence-corrected chi connectivity index (χ2v) is 6.97. The van der Waals surface area contributed by atoms with Gasteiger partial charge < -0.3 is 10.1 Å². The van der Waals surface area contributed by atoms with E-state index >= 15 is 0 Å². The summed E-state index contributed by atoms with van der Waals surface area (Å²) >= 11 is 7.71. The Labute approximate surface area is 134 Å². The highest BCUT2D eigenvalue weighted by molar-refractivity contribution is 7.11. The van der Waals surface area contributed by atoms with E-state index in [2.05, 4.69) is 17.4 Å². The molecule has 0 radical (unpaired) electrons. The van der Waals surface area contributed by atoms with Crippen molar-refractivity contribution in [3.05, 3.63) is 50.4 Å². The van der Waals surface area contributed by atoms with Crippen molar-refractivity contribution in [2.24, 2.45) is 0 Å². The van der Waals surface area contributed by atoms with E-state index in [-0.39, 0.29) is 0 Å². The first-order valence-electron chi connectivity index (χ1n) is 7.19. The molecule has 1 saturated carbocycles. The summed E-state index contributed by atoms with van der Waals surface area (Å²) < 4.78 is 5.27. The smallest absolute Gasteiger partial charge is 0.0976 e. The van der Waals surface area contributed by atoms with E-state index in [9.17, 15) is 0 Å². The molecular formula is C16H19ClN2OS. The maximum absolute atomic E-state index is 5.92. The highest BCUT2D eigenvalue weighted by Gasteiger charge is 2.21. The Kier molecular flexibility index (Phi) is 4.91. The minimum Gasteiger partial charge on any atom is -0.378 e. The van der Waals surface area contributed by atoms with Crippen LogP contribution < -0.4 is 5.32 Å². The van der Waals surface area contributed by atoms with E-state index in [0.29, 0.717) is 12.6 Å². The lowest BCUT2D eigenvalue weighted by atomic mass is 10.2. The summed E-state index contributed by atoms with van der Waals surface area (Å²) in [5.74, 6) is 0. The molecule has 1 aliphatic carbocycles. The molecule has 1 heterocycles. The van der Waals surface area contributed by atoms with E-state index in [0.717, 1.165) is 28.7 Å². The van der Waals surface area contributed by atoms with Gasteiger partial charge in [-0.3, -0.25) is 0 Å². The van der Waals surface area contributed by atoms with Gasteiger partial charge in [-0.2, -0.15) is 0 Å². The number of benzene rings is 1. The fraction of sp³-hybridized carbons (Fsp3) is 0.438. The lowest BCUT2D eigenvalue weighted by molar-refractivity contribution is 0.181. The zero-order valence-corrected chi connectivity index (χ0v) is 13.6. The molecule has 2 aromatic rings. The Bertz CT molecular complexity index is 593. The molecule has 0 atom stereocenters. The number of hydrogen-bond acceptors (Lipinski definition) is 4. The first kappa shape index (κ1) is 15.0. The van der Waals surface area contributed by atoms with E-state index in [1.54, 1.807) is 18.4 Å². The van der Waals surface area contributed by atoms with Gasteiger partial charge in [0.1, 0.15) is 0 Å². The summed E-state index contributed by atoms with van der Waals surface area (Å²) in [7, 11) is 1.72. The minimum atomic E-state index is 0.582. The van der Waals surface area contributed by atoms with Gasteiger partial charge in [0.2, 0.25) is 0 Å². The largest absolute Gasteiger partial charge is 0.378 e. The van der Waals surface area contributed by atoms with Gasteiger partial charge in [0.25, 0.3) is 0 Å². The second kappa shape index (κ2) is 6.88. The molecule has 112 valence electrons. The first-order chi connectivity index (χ1) is 10.2. The molecule has 1 aromatic heterocycles. The van der Waals surface area contributed by atoms with Crippen molar-refractivity contribution in [2.45, 2.75) is 38.5 Å². The average molecular weight is 323 g/mol. The van der Waals surface area contributed by atoms with Gasteiger partial charge >= 0.3 is 0 Å². The molecule has 1 fully saturated rings. The Morgan fingerprint density at radius 3 is 2.76 bits per heavy atom. The number of nitrogens with one attached hydrogen (secondary N) is 1. The van der Waals surface area contributed by atoms with Crippen molar-refractivity contribution in [3.8, 4) is 0 Å². The van der Waals surface area contributed by atoms with Crippen molar-refractivity contribution in [2.75, 3.05) is 7.11 Å². The molecule has 0 unspecified atom stereocenters. The zero-order valence-electron chi connectivity index (χ0n) is 12.1. The first-order valence-corrected chi connectivity index (χ1v) is 8.38. The molecule has 3 rings (SSSR count). The van der Waals surface area contributed by atoms with Crippen LogP contribution in [0.25, 0.3) is 0 Å². The minimum absolute atomic E-state index is 0.582. The summed E-state index contributed by atoms with van der Waals surface area (Å²) in [5, 5.41) is 5.46. The third-order valence-corrected chi connectivity index (χ3v) is 4.85. The predicted molar refractivity (Wildman–Crippen MR) is 86.9 cm³/mol. The number of rotatable bonds is 7. The van der Waals surface area contributed by atoms with Crippen LogP contribution in [0.5, 0.6) is 0 Å². The van der Waals surface area contributed by atoms with Gasteiger partial charge in [0.05, 0.1) is 17.3 Å². The quantitative estimate of drug-likeness (QED) is 0.842. The van der Waals surface area contributed by atoms with Gasteiger partial charge in [0.15, 0.2) is 0 Å². The number of halogens is 1. The summed E-state index contributed by atoms with van der Waals surface area (Å²) in [6, 6.07) is 8.68. The average Bonchev–Trinajstić information content (AvgIpc) is 3.23. The van der Waals surface area contributed by atoms with Gasteiger partial charge in [-0.15, -0.1) is 11.3 Å². The van der Waals surface area contributed by atoms with E-state index < -0.39 is 0 Å². The van der Waals surface area contributed by atoms with E-state index in [1.807, 2.05) is 12.1 Å². The van der Waals surface area contributed by atoms with Gasteiger partial charge in [-0.25, -0.2) is 4.98 Å². The number of thiazole rings is 1. The molecule has 21 heavy (non-hydrogen) atoms. The summed E-state index contributed by atoms with van der Waals surface area (Å²) in [4.78, 5) is 6.04. The molecule has 1 N–H and O–H groups in total. The van der Waals surface area contributed by atoms with Gasteiger partial charge in [0, 0.05) is 36.0 Å². The molecule has 0 bridgehead atoms. The fourth-order valence-corrected chi connectivity index (χ4v) is 3.38. The Hall–Kier alpha value is -0.940.